The Labute approximate surface area is 116 Å². The molecule has 1 aromatic heterocycles. The van der Waals surface area contributed by atoms with Gasteiger partial charge in [0.25, 0.3) is 0 Å². The van der Waals surface area contributed by atoms with Gasteiger partial charge in [-0.3, -0.25) is 0 Å². The summed E-state index contributed by atoms with van der Waals surface area (Å²) >= 11 is 0. The molecule has 0 aliphatic heterocycles. The normalized spacial score (nSPS) is 19.5. The maximum absolute atomic E-state index is 10.1. The molecular weight excluding hydrogens is 238 g/mol. The van der Waals surface area contributed by atoms with E-state index in [-0.39, 0.29) is 11.5 Å². The van der Waals surface area contributed by atoms with Crippen molar-refractivity contribution in [2.75, 3.05) is 13.7 Å². The van der Waals surface area contributed by atoms with Crippen LogP contribution in [0.5, 0.6) is 0 Å². The number of hydrogen-bond donors (Lipinski definition) is 1. The average Bonchev–Trinajstić information content (AvgIpc) is 2.66. The lowest BCUT2D eigenvalue weighted by molar-refractivity contribution is 0.139. The quantitative estimate of drug-likeness (QED) is 0.887. The molecule has 1 aliphatic carbocycles. The highest BCUT2D eigenvalue weighted by molar-refractivity contribution is 5.31. The number of aryl methyl sites for hydroxylation is 1. The Kier molecular flexibility index (Phi) is 4.36. The van der Waals surface area contributed by atoms with Gasteiger partial charge in [0.15, 0.2) is 0 Å². The Balaban J connectivity index is 2.21. The largest absolute Gasteiger partial charge is 0.388 e. The summed E-state index contributed by atoms with van der Waals surface area (Å²) in [6.45, 7) is 8.54. The standard InChI is InChI=1S/C16H27NO2/c1-12-10-13-14(6-5-7-15(13)18)17(12)11-16(2,3)8-9-19-4/h10,15,18H,5-9,11H2,1-4H3. The zero-order chi connectivity index (χ0) is 14.0. The van der Waals surface area contributed by atoms with Crippen LogP contribution >= 0.6 is 0 Å². The first kappa shape index (κ1) is 14.6. The Morgan fingerprint density at radius 3 is 2.89 bits per heavy atom. The van der Waals surface area contributed by atoms with E-state index in [9.17, 15) is 5.11 Å². The van der Waals surface area contributed by atoms with E-state index >= 15 is 0 Å². The van der Waals surface area contributed by atoms with Crippen LogP contribution in [0.2, 0.25) is 0 Å². The molecule has 2 rings (SSSR count). The third kappa shape index (κ3) is 3.21. The van der Waals surface area contributed by atoms with Gasteiger partial charge >= 0.3 is 0 Å². The van der Waals surface area contributed by atoms with Crippen LogP contribution in [0.1, 0.15) is 56.2 Å². The van der Waals surface area contributed by atoms with Crippen molar-refractivity contribution < 1.29 is 9.84 Å². The van der Waals surface area contributed by atoms with E-state index in [0.717, 1.165) is 44.4 Å². The SMILES string of the molecule is COCCC(C)(C)Cn1c(C)cc2c1CCCC2O. The number of hydrogen-bond acceptors (Lipinski definition) is 2. The summed E-state index contributed by atoms with van der Waals surface area (Å²) in [6.07, 6.45) is 3.89. The van der Waals surface area contributed by atoms with Crippen molar-refractivity contribution >= 4 is 0 Å². The lowest BCUT2D eigenvalue weighted by atomic mass is 9.89. The molecule has 3 nitrogen and oxygen atoms in total. The predicted octanol–water partition coefficient (Wildman–Crippen LogP) is 3.23. The first-order chi connectivity index (χ1) is 8.94. The molecule has 108 valence electrons. The molecule has 1 atom stereocenters. The summed E-state index contributed by atoms with van der Waals surface area (Å²) in [5.74, 6) is 0. The van der Waals surface area contributed by atoms with Gasteiger partial charge in [0.2, 0.25) is 0 Å². The van der Waals surface area contributed by atoms with Gasteiger partial charge in [-0.25, -0.2) is 0 Å². The monoisotopic (exact) mass is 265 g/mol. The number of aliphatic hydroxyl groups is 1. The molecule has 0 saturated carbocycles. The van der Waals surface area contributed by atoms with Crippen molar-refractivity contribution in [3.63, 3.8) is 0 Å². The molecule has 0 fully saturated rings. The molecule has 0 amide bonds. The van der Waals surface area contributed by atoms with Crippen LogP contribution in [0.3, 0.4) is 0 Å². The molecule has 1 unspecified atom stereocenters. The van der Waals surface area contributed by atoms with Gasteiger partial charge in [-0.1, -0.05) is 13.8 Å². The second kappa shape index (κ2) is 5.68. The predicted molar refractivity (Wildman–Crippen MR) is 77.3 cm³/mol. The molecule has 19 heavy (non-hydrogen) atoms. The third-order valence-electron chi connectivity index (χ3n) is 4.27. The van der Waals surface area contributed by atoms with Crippen LogP contribution in [0.4, 0.5) is 0 Å². The number of aliphatic hydroxyl groups excluding tert-OH is 1. The Bertz CT molecular complexity index is 434. The minimum absolute atomic E-state index is 0.218. The maximum atomic E-state index is 10.1. The minimum Gasteiger partial charge on any atom is -0.388 e. The lowest BCUT2D eigenvalue weighted by Crippen LogP contribution is -2.24. The topological polar surface area (TPSA) is 34.4 Å². The minimum atomic E-state index is -0.259. The van der Waals surface area contributed by atoms with Gasteiger partial charge in [-0.05, 0) is 44.1 Å². The Morgan fingerprint density at radius 1 is 1.47 bits per heavy atom. The molecule has 1 heterocycles. The lowest BCUT2D eigenvalue weighted by Gasteiger charge is -2.28. The molecule has 0 saturated heterocycles. The van der Waals surface area contributed by atoms with E-state index in [1.807, 2.05) is 0 Å². The number of aromatic nitrogens is 1. The number of nitrogens with zero attached hydrogens (tertiary/aromatic N) is 1. The first-order valence-corrected chi connectivity index (χ1v) is 7.30. The fourth-order valence-corrected chi connectivity index (χ4v) is 3.05. The van der Waals surface area contributed by atoms with Crippen molar-refractivity contribution in [3.8, 4) is 0 Å². The summed E-state index contributed by atoms with van der Waals surface area (Å²) < 4.78 is 7.62. The summed E-state index contributed by atoms with van der Waals surface area (Å²) in [5, 5.41) is 10.1. The molecule has 1 aromatic rings. The second-order valence-corrected chi connectivity index (χ2v) is 6.59. The van der Waals surface area contributed by atoms with E-state index in [4.69, 9.17) is 4.74 Å². The Hall–Kier alpha value is -0.800. The highest BCUT2D eigenvalue weighted by Crippen LogP contribution is 2.34. The van der Waals surface area contributed by atoms with Gasteiger partial charge in [0.1, 0.15) is 0 Å². The van der Waals surface area contributed by atoms with Gasteiger partial charge in [0, 0.05) is 37.2 Å². The molecule has 1 aliphatic rings. The number of methoxy groups -OCH3 is 1. The number of fused-ring (bicyclic) bond motifs is 1. The van der Waals surface area contributed by atoms with Crippen molar-refractivity contribution in [2.24, 2.45) is 5.41 Å². The Morgan fingerprint density at radius 2 is 2.21 bits per heavy atom. The highest BCUT2D eigenvalue weighted by atomic mass is 16.5. The number of ether oxygens (including phenoxy) is 1. The van der Waals surface area contributed by atoms with Gasteiger partial charge in [-0.15, -0.1) is 0 Å². The van der Waals surface area contributed by atoms with Crippen LogP contribution in [0.25, 0.3) is 0 Å². The maximum Gasteiger partial charge on any atom is 0.0807 e. The van der Waals surface area contributed by atoms with Crippen LogP contribution in [0, 0.1) is 12.3 Å². The van der Waals surface area contributed by atoms with E-state index in [1.165, 1.54) is 11.4 Å². The second-order valence-electron chi connectivity index (χ2n) is 6.59. The van der Waals surface area contributed by atoms with Crippen LogP contribution in [-0.4, -0.2) is 23.4 Å². The van der Waals surface area contributed by atoms with Crippen LogP contribution in [-0.2, 0) is 17.7 Å². The first-order valence-electron chi connectivity index (χ1n) is 7.30. The average molecular weight is 265 g/mol. The molecule has 1 N–H and O–H groups in total. The molecule has 0 spiro atoms. The molecular formula is C16H27NO2. The highest BCUT2D eigenvalue weighted by Gasteiger charge is 2.26. The van der Waals surface area contributed by atoms with Crippen molar-refractivity contribution in [2.45, 2.75) is 59.1 Å². The summed E-state index contributed by atoms with van der Waals surface area (Å²) in [4.78, 5) is 0. The fourth-order valence-electron chi connectivity index (χ4n) is 3.05. The molecule has 3 heteroatoms. The third-order valence-corrected chi connectivity index (χ3v) is 4.27. The van der Waals surface area contributed by atoms with Crippen LogP contribution < -0.4 is 0 Å². The van der Waals surface area contributed by atoms with E-state index in [2.05, 4.69) is 31.4 Å². The zero-order valence-electron chi connectivity index (χ0n) is 12.7. The fraction of sp³-hybridized carbons (Fsp3) is 0.750. The summed E-state index contributed by atoms with van der Waals surface area (Å²) in [7, 11) is 1.76. The van der Waals surface area contributed by atoms with E-state index in [1.54, 1.807) is 7.11 Å². The van der Waals surface area contributed by atoms with E-state index < -0.39 is 0 Å². The number of rotatable bonds is 5. The smallest absolute Gasteiger partial charge is 0.0807 e. The molecule has 0 bridgehead atoms. The van der Waals surface area contributed by atoms with Crippen LogP contribution in [0.15, 0.2) is 6.07 Å². The van der Waals surface area contributed by atoms with Crippen molar-refractivity contribution in [3.05, 3.63) is 23.0 Å². The molecule has 0 aromatic carbocycles. The molecule has 0 radical (unpaired) electrons. The van der Waals surface area contributed by atoms with Gasteiger partial charge in [-0.2, -0.15) is 0 Å². The summed E-state index contributed by atoms with van der Waals surface area (Å²) in [5.41, 5.74) is 4.00. The van der Waals surface area contributed by atoms with Crippen molar-refractivity contribution in [1.82, 2.24) is 4.57 Å². The van der Waals surface area contributed by atoms with Gasteiger partial charge < -0.3 is 14.4 Å². The summed E-state index contributed by atoms with van der Waals surface area (Å²) in [6, 6.07) is 2.17. The van der Waals surface area contributed by atoms with Crippen molar-refractivity contribution in [1.29, 1.82) is 0 Å². The van der Waals surface area contributed by atoms with E-state index in [0.29, 0.717) is 0 Å². The zero-order valence-corrected chi connectivity index (χ0v) is 12.7. The van der Waals surface area contributed by atoms with Gasteiger partial charge in [0.05, 0.1) is 6.10 Å².